The fourth-order valence-corrected chi connectivity index (χ4v) is 4.59. The maximum absolute atomic E-state index is 12.9. The van der Waals surface area contributed by atoms with E-state index in [4.69, 9.17) is 4.74 Å². The number of morpholine rings is 1. The van der Waals surface area contributed by atoms with Gasteiger partial charge in [0.05, 0.1) is 19.1 Å². The lowest BCUT2D eigenvalue weighted by Gasteiger charge is -2.42. The molecule has 9 nitrogen and oxygen atoms in total. The van der Waals surface area contributed by atoms with Gasteiger partial charge in [-0.15, -0.1) is 0 Å². The summed E-state index contributed by atoms with van der Waals surface area (Å²) in [6.07, 6.45) is 3.88. The van der Waals surface area contributed by atoms with Crippen molar-refractivity contribution in [3.63, 3.8) is 0 Å². The summed E-state index contributed by atoms with van der Waals surface area (Å²) < 4.78 is 10.0. The molecule has 0 unspecified atom stereocenters. The molecule has 28 heavy (non-hydrogen) atoms. The lowest BCUT2D eigenvalue weighted by molar-refractivity contribution is -0.141. The lowest BCUT2D eigenvalue weighted by atomic mass is 9.92. The summed E-state index contributed by atoms with van der Waals surface area (Å²) in [5.74, 6) is 0.279. The molecule has 1 atom stereocenters. The Bertz CT molecular complexity index is 694. The van der Waals surface area contributed by atoms with Gasteiger partial charge in [0.15, 0.2) is 5.69 Å². The van der Waals surface area contributed by atoms with Gasteiger partial charge in [-0.05, 0) is 44.3 Å². The minimum Gasteiger partial charge on any atom is -0.378 e. The quantitative estimate of drug-likeness (QED) is 0.743. The topological polar surface area (TPSA) is 92.0 Å². The van der Waals surface area contributed by atoms with Gasteiger partial charge in [-0.25, -0.2) is 4.63 Å². The van der Waals surface area contributed by atoms with Crippen molar-refractivity contribution in [2.24, 2.45) is 5.92 Å². The van der Waals surface area contributed by atoms with E-state index in [-0.39, 0.29) is 17.7 Å². The van der Waals surface area contributed by atoms with Crippen LogP contribution in [0.5, 0.6) is 0 Å². The molecule has 2 amide bonds. The third-order valence-electron chi connectivity index (χ3n) is 6.25. The Balaban J connectivity index is 1.30. The van der Waals surface area contributed by atoms with Gasteiger partial charge < -0.3 is 14.5 Å². The third-order valence-corrected chi connectivity index (χ3v) is 6.25. The second-order valence-electron chi connectivity index (χ2n) is 7.99. The van der Waals surface area contributed by atoms with E-state index < -0.39 is 0 Å². The molecule has 0 aromatic carbocycles. The highest BCUT2D eigenvalue weighted by atomic mass is 16.6. The van der Waals surface area contributed by atoms with Crippen LogP contribution in [0.15, 0.2) is 4.63 Å². The van der Waals surface area contributed by atoms with Crippen molar-refractivity contribution in [3.05, 3.63) is 11.4 Å². The predicted octanol–water partition coefficient (Wildman–Crippen LogP) is 0.553. The number of amides is 2. The number of rotatable bonds is 3. The van der Waals surface area contributed by atoms with E-state index in [0.29, 0.717) is 56.8 Å². The number of piperidine rings is 2. The van der Waals surface area contributed by atoms with Gasteiger partial charge in [-0.1, -0.05) is 5.16 Å². The smallest absolute Gasteiger partial charge is 0.278 e. The molecule has 0 saturated carbocycles. The predicted molar refractivity (Wildman–Crippen MR) is 99.7 cm³/mol. The number of aromatic nitrogens is 2. The Hall–Kier alpha value is -2.00. The highest BCUT2D eigenvalue weighted by Gasteiger charge is 2.35. The SMILES string of the molecule is Cc1nonc1C(=O)N1CCC(N2CCC[C@H](C(=O)N3CCOCC3)C2)CC1. The zero-order valence-electron chi connectivity index (χ0n) is 16.5. The molecule has 1 aromatic rings. The summed E-state index contributed by atoms with van der Waals surface area (Å²) in [5, 5.41) is 7.43. The minimum absolute atomic E-state index is 0.0929. The monoisotopic (exact) mass is 391 g/mol. The van der Waals surface area contributed by atoms with Crippen molar-refractivity contribution in [2.75, 3.05) is 52.5 Å². The average molecular weight is 391 g/mol. The number of carbonyl (C=O) groups is 2. The van der Waals surface area contributed by atoms with Crippen LogP contribution in [0.1, 0.15) is 41.9 Å². The lowest BCUT2D eigenvalue weighted by Crippen LogP contribution is -2.53. The van der Waals surface area contributed by atoms with Crippen LogP contribution in [0, 0.1) is 12.8 Å². The van der Waals surface area contributed by atoms with Crippen molar-refractivity contribution < 1.29 is 19.0 Å². The zero-order valence-corrected chi connectivity index (χ0v) is 16.5. The molecule has 3 saturated heterocycles. The number of likely N-dealkylation sites (tertiary alicyclic amines) is 2. The zero-order chi connectivity index (χ0) is 19.5. The molecule has 3 aliphatic heterocycles. The molecule has 4 heterocycles. The largest absolute Gasteiger partial charge is 0.378 e. The first-order valence-corrected chi connectivity index (χ1v) is 10.3. The number of hydrogen-bond donors (Lipinski definition) is 0. The minimum atomic E-state index is -0.101. The highest BCUT2D eigenvalue weighted by Crippen LogP contribution is 2.26. The highest BCUT2D eigenvalue weighted by molar-refractivity contribution is 5.93. The first-order chi connectivity index (χ1) is 13.6. The van der Waals surface area contributed by atoms with E-state index in [0.717, 1.165) is 38.8 Å². The number of nitrogens with zero attached hydrogens (tertiary/aromatic N) is 5. The standard InChI is InChI=1S/C19H29N5O4/c1-14-17(21-28-20-14)19(26)22-7-4-16(5-8-22)24-6-2-3-15(13-24)18(25)23-9-11-27-12-10-23/h15-16H,2-13H2,1H3/t15-/m0/s1. The fraction of sp³-hybridized carbons (Fsp3) is 0.789. The Labute approximate surface area is 164 Å². The van der Waals surface area contributed by atoms with Crippen LogP contribution in [0.3, 0.4) is 0 Å². The van der Waals surface area contributed by atoms with E-state index in [9.17, 15) is 9.59 Å². The van der Waals surface area contributed by atoms with Crippen molar-refractivity contribution >= 4 is 11.8 Å². The Kier molecular flexibility index (Phi) is 5.91. The van der Waals surface area contributed by atoms with Gasteiger partial charge in [0.1, 0.15) is 5.69 Å². The second-order valence-corrected chi connectivity index (χ2v) is 7.99. The molecular formula is C19H29N5O4. The molecule has 1 aromatic heterocycles. The van der Waals surface area contributed by atoms with Crippen molar-refractivity contribution in [1.29, 1.82) is 0 Å². The van der Waals surface area contributed by atoms with Gasteiger partial charge in [-0.2, -0.15) is 0 Å². The van der Waals surface area contributed by atoms with E-state index in [1.54, 1.807) is 6.92 Å². The van der Waals surface area contributed by atoms with Gasteiger partial charge in [-0.3, -0.25) is 14.5 Å². The summed E-state index contributed by atoms with van der Waals surface area (Å²) >= 11 is 0. The normalized spacial score (nSPS) is 25.1. The Morgan fingerprint density at radius 2 is 1.71 bits per heavy atom. The van der Waals surface area contributed by atoms with Gasteiger partial charge in [0.2, 0.25) is 5.91 Å². The van der Waals surface area contributed by atoms with Crippen molar-refractivity contribution in [2.45, 2.75) is 38.6 Å². The Morgan fingerprint density at radius 1 is 0.964 bits per heavy atom. The molecule has 3 aliphatic rings. The second kappa shape index (κ2) is 8.57. The van der Waals surface area contributed by atoms with Crippen LogP contribution in [-0.2, 0) is 9.53 Å². The van der Waals surface area contributed by atoms with Gasteiger partial charge in [0.25, 0.3) is 5.91 Å². The van der Waals surface area contributed by atoms with Crippen LogP contribution in [0.25, 0.3) is 0 Å². The van der Waals surface area contributed by atoms with Gasteiger partial charge in [0, 0.05) is 38.8 Å². The molecular weight excluding hydrogens is 362 g/mol. The number of aryl methyl sites for hydroxylation is 1. The first kappa shape index (κ1) is 19.3. The maximum atomic E-state index is 12.9. The van der Waals surface area contributed by atoms with E-state index in [1.807, 2.05) is 9.80 Å². The van der Waals surface area contributed by atoms with Crippen LogP contribution >= 0.6 is 0 Å². The molecule has 3 fully saturated rings. The fourth-order valence-electron chi connectivity index (χ4n) is 4.59. The molecule has 0 aliphatic carbocycles. The molecule has 0 bridgehead atoms. The van der Waals surface area contributed by atoms with Crippen molar-refractivity contribution in [3.8, 4) is 0 Å². The van der Waals surface area contributed by atoms with Gasteiger partial charge >= 0.3 is 0 Å². The molecule has 9 heteroatoms. The molecule has 0 N–H and O–H groups in total. The summed E-state index contributed by atoms with van der Waals surface area (Å²) in [6.45, 7) is 7.74. The maximum Gasteiger partial charge on any atom is 0.278 e. The summed E-state index contributed by atoms with van der Waals surface area (Å²) in [5.41, 5.74) is 0.847. The third kappa shape index (κ3) is 4.05. The summed E-state index contributed by atoms with van der Waals surface area (Å²) in [7, 11) is 0. The average Bonchev–Trinajstić information content (AvgIpc) is 3.19. The number of carbonyl (C=O) groups excluding carboxylic acids is 2. The van der Waals surface area contributed by atoms with Crippen LogP contribution < -0.4 is 0 Å². The molecule has 0 radical (unpaired) electrons. The van der Waals surface area contributed by atoms with E-state index in [2.05, 4.69) is 19.8 Å². The first-order valence-electron chi connectivity index (χ1n) is 10.3. The molecule has 154 valence electrons. The van der Waals surface area contributed by atoms with Crippen molar-refractivity contribution in [1.82, 2.24) is 25.0 Å². The molecule has 4 rings (SSSR count). The Morgan fingerprint density at radius 3 is 2.39 bits per heavy atom. The summed E-state index contributed by atoms with van der Waals surface area (Å²) in [4.78, 5) is 31.7. The van der Waals surface area contributed by atoms with Crippen LogP contribution in [-0.4, -0.2) is 95.4 Å². The molecule has 0 spiro atoms. The van der Waals surface area contributed by atoms with E-state index >= 15 is 0 Å². The van der Waals surface area contributed by atoms with E-state index in [1.165, 1.54) is 0 Å². The number of hydrogen-bond acceptors (Lipinski definition) is 7. The summed E-state index contributed by atoms with van der Waals surface area (Å²) in [6, 6.07) is 0.431. The van der Waals surface area contributed by atoms with Crippen LogP contribution in [0.2, 0.25) is 0 Å². The number of ether oxygens (including phenoxy) is 1. The van der Waals surface area contributed by atoms with Crippen LogP contribution in [0.4, 0.5) is 0 Å².